The van der Waals surface area contributed by atoms with Crippen molar-refractivity contribution >= 4 is 11.8 Å². The summed E-state index contributed by atoms with van der Waals surface area (Å²) in [6.07, 6.45) is 6.48. The van der Waals surface area contributed by atoms with E-state index in [1.165, 1.54) is 0 Å². The summed E-state index contributed by atoms with van der Waals surface area (Å²) in [4.78, 5) is 8.60. The van der Waals surface area contributed by atoms with Crippen LogP contribution >= 0.6 is 11.8 Å². The smallest absolute Gasteiger partial charge is 0.187 e. The van der Waals surface area contributed by atoms with Gasteiger partial charge in [0.2, 0.25) is 0 Å². The van der Waals surface area contributed by atoms with E-state index in [1.54, 1.807) is 24.2 Å². The summed E-state index contributed by atoms with van der Waals surface area (Å²) in [5.41, 5.74) is 0. The molecule has 3 rings (SSSR count). The van der Waals surface area contributed by atoms with Gasteiger partial charge in [-0.25, -0.2) is 9.97 Å². The fraction of sp³-hybridized carbons (Fsp3) is 0.692. The average Bonchev–Trinajstić information content (AvgIpc) is 2.88. The van der Waals surface area contributed by atoms with Crippen molar-refractivity contribution < 1.29 is 9.47 Å². The summed E-state index contributed by atoms with van der Waals surface area (Å²) in [6.45, 7) is 1.42. The molecule has 19 heavy (non-hydrogen) atoms. The highest BCUT2D eigenvalue weighted by Gasteiger charge is 2.45. The van der Waals surface area contributed by atoms with Gasteiger partial charge < -0.3 is 14.8 Å². The first-order chi connectivity index (χ1) is 9.31. The summed E-state index contributed by atoms with van der Waals surface area (Å²) >= 11 is 1.71. The second kappa shape index (κ2) is 5.75. The lowest BCUT2D eigenvalue weighted by Crippen LogP contribution is -2.48. The van der Waals surface area contributed by atoms with E-state index in [1.807, 2.05) is 13.1 Å². The summed E-state index contributed by atoms with van der Waals surface area (Å²) in [5.74, 6) is -0.361. The molecular weight excluding hydrogens is 262 g/mol. The maximum absolute atomic E-state index is 5.84. The Morgan fingerprint density at radius 3 is 2.74 bits per heavy atom. The third kappa shape index (κ3) is 2.91. The van der Waals surface area contributed by atoms with Crippen molar-refractivity contribution in [3.05, 3.63) is 18.5 Å². The van der Waals surface area contributed by atoms with Crippen molar-refractivity contribution in [3.8, 4) is 0 Å². The summed E-state index contributed by atoms with van der Waals surface area (Å²) in [5, 5.41) is 4.59. The van der Waals surface area contributed by atoms with Crippen molar-refractivity contribution in [2.75, 3.05) is 20.3 Å². The lowest BCUT2D eigenvalue weighted by molar-refractivity contribution is -0.177. The maximum Gasteiger partial charge on any atom is 0.187 e. The molecule has 1 aromatic rings. The van der Waals surface area contributed by atoms with E-state index in [4.69, 9.17) is 9.47 Å². The second-order valence-electron chi connectivity index (χ2n) is 4.93. The Kier molecular flexibility index (Phi) is 4.02. The van der Waals surface area contributed by atoms with Gasteiger partial charge in [-0.05, 0) is 19.5 Å². The minimum atomic E-state index is -0.361. The zero-order valence-electron chi connectivity index (χ0n) is 11.0. The second-order valence-corrected chi connectivity index (χ2v) is 6.14. The molecule has 5 nitrogen and oxygen atoms in total. The number of nitrogens with zero attached hydrogens (tertiary/aromatic N) is 2. The van der Waals surface area contributed by atoms with Crippen LogP contribution in [0.3, 0.4) is 0 Å². The first kappa shape index (κ1) is 13.3. The predicted octanol–water partition coefficient (Wildman–Crippen LogP) is 1.45. The number of nitrogens with one attached hydrogen (secondary N) is 1. The average molecular weight is 281 g/mol. The van der Waals surface area contributed by atoms with E-state index in [9.17, 15) is 0 Å². The topological polar surface area (TPSA) is 56.3 Å². The highest BCUT2D eigenvalue weighted by atomic mass is 32.2. The van der Waals surface area contributed by atoms with Gasteiger partial charge in [-0.1, -0.05) is 11.8 Å². The molecule has 1 aromatic heterocycles. The molecule has 2 fully saturated rings. The number of aromatic nitrogens is 2. The lowest BCUT2D eigenvalue weighted by Gasteiger charge is -2.40. The Hall–Kier alpha value is -0.690. The quantitative estimate of drug-likeness (QED) is 0.846. The summed E-state index contributed by atoms with van der Waals surface area (Å²) in [7, 11) is 2.01. The number of hydrogen-bond acceptors (Lipinski definition) is 6. The SMILES string of the molecule is CNC1CCC2(CC1Sc1ncccn1)OCCO2. The van der Waals surface area contributed by atoms with Gasteiger partial charge >= 0.3 is 0 Å². The molecule has 1 saturated heterocycles. The molecule has 2 atom stereocenters. The largest absolute Gasteiger partial charge is 0.347 e. The third-order valence-electron chi connectivity index (χ3n) is 3.78. The van der Waals surface area contributed by atoms with E-state index in [0.717, 1.165) is 24.4 Å². The minimum Gasteiger partial charge on any atom is -0.347 e. The highest BCUT2D eigenvalue weighted by molar-refractivity contribution is 7.99. The first-order valence-corrected chi connectivity index (χ1v) is 7.58. The van der Waals surface area contributed by atoms with Crippen LogP contribution < -0.4 is 5.32 Å². The van der Waals surface area contributed by atoms with Crippen LogP contribution in [0.15, 0.2) is 23.6 Å². The molecule has 2 unspecified atom stereocenters. The molecule has 1 spiro atoms. The lowest BCUT2D eigenvalue weighted by atomic mass is 9.89. The van der Waals surface area contributed by atoms with E-state index in [-0.39, 0.29) is 5.79 Å². The molecule has 6 heteroatoms. The van der Waals surface area contributed by atoms with Crippen molar-refractivity contribution in [1.82, 2.24) is 15.3 Å². The molecule has 0 bridgehead atoms. The first-order valence-electron chi connectivity index (χ1n) is 6.70. The maximum atomic E-state index is 5.84. The number of ether oxygens (including phenoxy) is 2. The predicted molar refractivity (Wildman–Crippen MR) is 73.0 cm³/mol. The van der Waals surface area contributed by atoms with Crippen LogP contribution in [-0.4, -0.2) is 47.3 Å². The molecule has 2 aliphatic rings. The molecule has 0 aromatic carbocycles. The Bertz CT molecular complexity index is 412. The molecule has 0 amide bonds. The highest BCUT2D eigenvalue weighted by Crippen LogP contribution is 2.41. The summed E-state index contributed by atoms with van der Waals surface area (Å²) < 4.78 is 11.7. The molecule has 1 N–H and O–H groups in total. The van der Waals surface area contributed by atoms with Crippen LogP contribution in [0.1, 0.15) is 19.3 Å². The number of hydrogen-bond donors (Lipinski definition) is 1. The van der Waals surface area contributed by atoms with Crippen LogP contribution in [0, 0.1) is 0 Å². The molecule has 1 aliphatic heterocycles. The van der Waals surface area contributed by atoms with Gasteiger partial charge in [0.1, 0.15) is 0 Å². The van der Waals surface area contributed by atoms with E-state index < -0.39 is 0 Å². The molecule has 104 valence electrons. The van der Waals surface area contributed by atoms with Crippen molar-refractivity contribution in [2.24, 2.45) is 0 Å². The van der Waals surface area contributed by atoms with Crippen molar-refractivity contribution in [2.45, 2.75) is 41.5 Å². The minimum absolute atomic E-state index is 0.361. The molecule has 1 aliphatic carbocycles. The van der Waals surface area contributed by atoms with Crippen LogP contribution in [0.4, 0.5) is 0 Å². The monoisotopic (exact) mass is 281 g/mol. The Balaban J connectivity index is 1.72. The zero-order chi connectivity index (χ0) is 13.1. The van der Waals surface area contributed by atoms with Crippen molar-refractivity contribution in [1.29, 1.82) is 0 Å². The zero-order valence-corrected chi connectivity index (χ0v) is 11.9. The van der Waals surface area contributed by atoms with Gasteiger partial charge in [-0.2, -0.15) is 0 Å². The Morgan fingerprint density at radius 1 is 1.32 bits per heavy atom. The molecule has 1 saturated carbocycles. The van der Waals surface area contributed by atoms with Gasteiger partial charge in [0.15, 0.2) is 10.9 Å². The number of thioether (sulfide) groups is 1. The van der Waals surface area contributed by atoms with Crippen LogP contribution in [0.25, 0.3) is 0 Å². The molecule has 0 radical (unpaired) electrons. The van der Waals surface area contributed by atoms with Crippen LogP contribution in [0.2, 0.25) is 0 Å². The van der Waals surface area contributed by atoms with Gasteiger partial charge in [0.25, 0.3) is 0 Å². The summed E-state index contributed by atoms with van der Waals surface area (Å²) in [6, 6.07) is 2.29. The van der Waals surface area contributed by atoms with E-state index >= 15 is 0 Å². The molecular formula is C13H19N3O2S. The fourth-order valence-electron chi connectivity index (χ4n) is 2.81. The number of rotatable bonds is 3. The van der Waals surface area contributed by atoms with Gasteiger partial charge in [-0.15, -0.1) is 0 Å². The van der Waals surface area contributed by atoms with E-state index in [2.05, 4.69) is 15.3 Å². The molecule has 2 heterocycles. The standard InChI is InChI=1S/C13H19N3O2S/c1-14-10-3-4-13(17-7-8-18-13)9-11(10)19-12-15-5-2-6-16-12/h2,5-6,10-11,14H,3-4,7-9H2,1H3. The normalized spacial score (nSPS) is 29.7. The van der Waals surface area contributed by atoms with Crippen LogP contribution in [-0.2, 0) is 9.47 Å². The van der Waals surface area contributed by atoms with Crippen molar-refractivity contribution in [3.63, 3.8) is 0 Å². The van der Waals surface area contributed by atoms with E-state index in [0.29, 0.717) is 24.5 Å². The van der Waals surface area contributed by atoms with Gasteiger partial charge in [0, 0.05) is 36.5 Å². The fourth-order valence-corrected chi connectivity index (χ4v) is 4.09. The third-order valence-corrected chi connectivity index (χ3v) is 5.00. The van der Waals surface area contributed by atoms with Gasteiger partial charge in [0.05, 0.1) is 13.2 Å². The van der Waals surface area contributed by atoms with Gasteiger partial charge in [-0.3, -0.25) is 0 Å². The van der Waals surface area contributed by atoms with Crippen LogP contribution in [0.5, 0.6) is 0 Å². The Morgan fingerprint density at radius 2 is 2.05 bits per heavy atom. The Labute approximate surface area is 117 Å².